The molecule has 0 aliphatic rings. The minimum Gasteiger partial charge on any atom is -0.457 e. The van der Waals surface area contributed by atoms with Gasteiger partial charge in [-0.3, -0.25) is 9.69 Å². The number of nitrogens with zero attached hydrogens (tertiary/aromatic N) is 1. The summed E-state index contributed by atoms with van der Waals surface area (Å²) in [6.45, 7) is 10.1. The van der Waals surface area contributed by atoms with Crippen LogP contribution in [0, 0.1) is 0 Å². The summed E-state index contributed by atoms with van der Waals surface area (Å²) in [7, 11) is 0. The zero-order valence-corrected chi connectivity index (χ0v) is 13.0. The lowest BCUT2D eigenvalue weighted by Gasteiger charge is -2.30. The van der Waals surface area contributed by atoms with Gasteiger partial charge in [-0.2, -0.15) is 0 Å². The predicted molar refractivity (Wildman–Crippen MR) is 75.7 cm³/mol. The number of hydrogen-bond acceptors (Lipinski definition) is 3. The maximum atomic E-state index is 11.8. The fraction of sp³-hybridized carbons (Fsp3) is 0.615. The second kappa shape index (κ2) is 6.95. The average molecular weight is 317 g/mol. The Morgan fingerprint density at radius 2 is 2.00 bits per heavy atom. The zero-order chi connectivity index (χ0) is 13.7. The van der Waals surface area contributed by atoms with Gasteiger partial charge in [-0.15, -0.1) is 0 Å². The number of nitrogens with one attached hydrogen (secondary N) is 1. The predicted octanol–water partition coefficient (Wildman–Crippen LogP) is 2.89. The molecule has 0 bridgehead atoms. The molecule has 0 aromatic carbocycles. The van der Waals surface area contributed by atoms with Gasteiger partial charge in [0.1, 0.15) is 0 Å². The highest BCUT2D eigenvalue weighted by molar-refractivity contribution is 9.10. The molecule has 0 radical (unpaired) electrons. The maximum Gasteiger partial charge on any atom is 0.255 e. The Labute approximate surface area is 117 Å². The Morgan fingerprint density at radius 3 is 2.44 bits per heavy atom. The van der Waals surface area contributed by atoms with Crippen LogP contribution in [0.2, 0.25) is 0 Å². The normalized spacial score (nSPS) is 11.6. The van der Waals surface area contributed by atoms with Crippen LogP contribution in [0.1, 0.15) is 38.1 Å². The third-order valence-corrected chi connectivity index (χ3v) is 3.46. The molecule has 0 aliphatic heterocycles. The number of amides is 1. The van der Waals surface area contributed by atoms with Crippen LogP contribution >= 0.6 is 15.9 Å². The number of halogens is 1. The molecular weight excluding hydrogens is 296 g/mol. The molecule has 0 saturated carbocycles. The highest BCUT2D eigenvalue weighted by Gasteiger charge is 2.15. The van der Waals surface area contributed by atoms with Gasteiger partial charge in [-0.1, -0.05) is 0 Å². The lowest BCUT2D eigenvalue weighted by molar-refractivity contribution is 0.0937. The summed E-state index contributed by atoms with van der Waals surface area (Å²) in [6, 6.07) is 2.60. The molecule has 1 aromatic heterocycles. The van der Waals surface area contributed by atoms with Crippen molar-refractivity contribution < 1.29 is 9.21 Å². The minimum atomic E-state index is -0.108. The third kappa shape index (κ3) is 4.14. The van der Waals surface area contributed by atoms with Crippen LogP contribution in [0.15, 0.2) is 21.4 Å². The highest BCUT2D eigenvalue weighted by atomic mass is 79.9. The third-order valence-electron chi connectivity index (χ3n) is 2.84. The number of furan rings is 1. The summed E-state index contributed by atoms with van der Waals surface area (Å²) in [5, 5.41) is 2.90. The van der Waals surface area contributed by atoms with E-state index in [0.717, 1.165) is 6.54 Å². The van der Waals surface area contributed by atoms with E-state index in [9.17, 15) is 4.79 Å². The Balaban J connectivity index is 2.42. The summed E-state index contributed by atoms with van der Waals surface area (Å²) in [4.78, 5) is 14.2. The van der Waals surface area contributed by atoms with Crippen LogP contribution < -0.4 is 5.32 Å². The smallest absolute Gasteiger partial charge is 0.255 e. The van der Waals surface area contributed by atoms with E-state index >= 15 is 0 Å². The molecule has 4 nitrogen and oxygen atoms in total. The van der Waals surface area contributed by atoms with Crippen LogP contribution in [0.25, 0.3) is 0 Å². The quantitative estimate of drug-likeness (QED) is 0.877. The lowest BCUT2D eigenvalue weighted by Crippen LogP contribution is -2.42. The SMILES string of the molecule is CC(C)N(CCNC(=O)c1ccoc1Br)C(C)C. The van der Waals surface area contributed by atoms with E-state index in [1.54, 1.807) is 6.07 Å². The first-order valence-corrected chi connectivity index (χ1v) is 6.99. The second-order valence-electron chi connectivity index (χ2n) is 4.79. The molecule has 0 atom stereocenters. The van der Waals surface area contributed by atoms with Gasteiger partial charge in [0, 0.05) is 25.2 Å². The van der Waals surface area contributed by atoms with E-state index in [0.29, 0.717) is 28.9 Å². The van der Waals surface area contributed by atoms with Crippen LogP contribution in [0.4, 0.5) is 0 Å². The van der Waals surface area contributed by atoms with Gasteiger partial charge in [0.05, 0.1) is 11.8 Å². The van der Waals surface area contributed by atoms with Crippen molar-refractivity contribution in [2.45, 2.75) is 39.8 Å². The molecule has 1 N–H and O–H groups in total. The maximum absolute atomic E-state index is 11.8. The number of rotatable bonds is 6. The van der Waals surface area contributed by atoms with Crippen molar-refractivity contribution in [3.63, 3.8) is 0 Å². The Morgan fingerprint density at radius 1 is 1.39 bits per heavy atom. The summed E-state index contributed by atoms with van der Waals surface area (Å²) in [5.41, 5.74) is 0.538. The molecule has 0 spiro atoms. The van der Waals surface area contributed by atoms with Gasteiger partial charge in [-0.05, 0) is 49.7 Å². The molecule has 1 rings (SSSR count). The molecule has 0 aliphatic carbocycles. The van der Waals surface area contributed by atoms with Crippen LogP contribution in [-0.4, -0.2) is 36.0 Å². The molecule has 1 aromatic rings. The van der Waals surface area contributed by atoms with Crippen molar-refractivity contribution in [3.8, 4) is 0 Å². The van der Waals surface area contributed by atoms with E-state index in [1.807, 2.05) is 0 Å². The van der Waals surface area contributed by atoms with Gasteiger partial charge < -0.3 is 9.73 Å². The molecular formula is C13H21BrN2O2. The van der Waals surface area contributed by atoms with Gasteiger partial charge in [0.25, 0.3) is 5.91 Å². The van der Waals surface area contributed by atoms with Crippen molar-refractivity contribution in [3.05, 3.63) is 22.6 Å². The fourth-order valence-electron chi connectivity index (χ4n) is 1.96. The summed E-state index contributed by atoms with van der Waals surface area (Å²) >= 11 is 3.20. The standard InChI is InChI=1S/C13H21BrN2O2/c1-9(2)16(10(3)4)7-6-15-13(17)11-5-8-18-12(11)14/h5,8-10H,6-7H2,1-4H3,(H,15,17). The van der Waals surface area contributed by atoms with E-state index < -0.39 is 0 Å². The summed E-state index contributed by atoms with van der Waals surface area (Å²) < 4.78 is 5.51. The number of hydrogen-bond donors (Lipinski definition) is 1. The van der Waals surface area contributed by atoms with E-state index in [-0.39, 0.29) is 5.91 Å². The van der Waals surface area contributed by atoms with Crippen molar-refractivity contribution in [2.75, 3.05) is 13.1 Å². The van der Waals surface area contributed by atoms with Crippen molar-refractivity contribution >= 4 is 21.8 Å². The van der Waals surface area contributed by atoms with Gasteiger partial charge in [0.2, 0.25) is 0 Å². The topological polar surface area (TPSA) is 45.5 Å². The molecule has 0 saturated heterocycles. The lowest BCUT2D eigenvalue weighted by atomic mass is 10.2. The molecule has 0 unspecified atom stereocenters. The monoisotopic (exact) mass is 316 g/mol. The number of carbonyl (C=O) groups excluding carboxylic acids is 1. The largest absolute Gasteiger partial charge is 0.457 e. The molecule has 18 heavy (non-hydrogen) atoms. The average Bonchev–Trinajstić information content (AvgIpc) is 2.69. The Hall–Kier alpha value is -0.810. The first kappa shape index (κ1) is 15.2. The Bertz CT molecular complexity index is 380. The van der Waals surface area contributed by atoms with E-state index in [1.165, 1.54) is 6.26 Å². The molecule has 1 heterocycles. The van der Waals surface area contributed by atoms with Crippen molar-refractivity contribution in [1.82, 2.24) is 10.2 Å². The first-order valence-electron chi connectivity index (χ1n) is 6.20. The van der Waals surface area contributed by atoms with Gasteiger partial charge in [-0.25, -0.2) is 0 Å². The summed E-state index contributed by atoms with van der Waals surface area (Å²) in [6.07, 6.45) is 1.49. The van der Waals surface area contributed by atoms with E-state index in [4.69, 9.17) is 4.42 Å². The highest BCUT2D eigenvalue weighted by Crippen LogP contribution is 2.16. The first-order chi connectivity index (χ1) is 8.43. The van der Waals surface area contributed by atoms with Gasteiger partial charge in [0.15, 0.2) is 4.67 Å². The Kier molecular flexibility index (Phi) is 5.88. The van der Waals surface area contributed by atoms with Crippen LogP contribution in [0.3, 0.4) is 0 Å². The second-order valence-corrected chi connectivity index (χ2v) is 5.51. The van der Waals surface area contributed by atoms with Gasteiger partial charge >= 0.3 is 0 Å². The summed E-state index contributed by atoms with van der Waals surface area (Å²) in [5.74, 6) is -0.108. The van der Waals surface area contributed by atoms with E-state index in [2.05, 4.69) is 53.8 Å². The number of carbonyl (C=O) groups is 1. The van der Waals surface area contributed by atoms with Crippen molar-refractivity contribution in [2.24, 2.45) is 0 Å². The zero-order valence-electron chi connectivity index (χ0n) is 11.4. The molecule has 102 valence electrons. The minimum absolute atomic E-state index is 0.108. The molecule has 5 heteroatoms. The van der Waals surface area contributed by atoms with Crippen LogP contribution in [0.5, 0.6) is 0 Å². The van der Waals surface area contributed by atoms with Crippen molar-refractivity contribution in [1.29, 1.82) is 0 Å². The molecule has 0 fully saturated rings. The van der Waals surface area contributed by atoms with Crippen LogP contribution in [-0.2, 0) is 0 Å². The fourth-order valence-corrected chi connectivity index (χ4v) is 2.38. The molecule has 1 amide bonds.